The lowest BCUT2D eigenvalue weighted by molar-refractivity contribution is -0.384. The zero-order valence-electron chi connectivity index (χ0n) is 12.1. The van der Waals surface area contributed by atoms with E-state index in [1.807, 2.05) is 6.92 Å². The number of nitrogens with one attached hydrogen (secondary N) is 2. The molecule has 1 atom stereocenters. The second-order valence-corrected chi connectivity index (χ2v) is 4.74. The molecule has 1 aromatic rings. The van der Waals surface area contributed by atoms with E-state index in [1.54, 1.807) is 0 Å². The van der Waals surface area contributed by atoms with Gasteiger partial charge in [0.1, 0.15) is 5.69 Å². The van der Waals surface area contributed by atoms with E-state index in [4.69, 9.17) is 0 Å². The van der Waals surface area contributed by atoms with E-state index in [9.17, 15) is 14.9 Å². The molecule has 0 aromatic heterocycles. The van der Waals surface area contributed by atoms with Gasteiger partial charge in [0.25, 0.3) is 11.6 Å². The third kappa shape index (κ3) is 4.22. The summed E-state index contributed by atoms with van der Waals surface area (Å²) in [4.78, 5) is 22.4. The Morgan fingerprint density at radius 3 is 2.65 bits per heavy atom. The minimum absolute atomic E-state index is 0.0228. The predicted molar refractivity (Wildman–Crippen MR) is 79.0 cm³/mol. The fourth-order valence-corrected chi connectivity index (χ4v) is 1.68. The second kappa shape index (κ2) is 7.47. The van der Waals surface area contributed by atoms with Crippen LogP contribution in [0.1, 0.15) is 37.6 Å². The normalized spacial score (nSPS) is 11.8. The molecule has 6 nitrogen and oxygen atoms in total. The van der Waals surface area contributed by atoms with Crippen LogP contribution < -0.4 is 10.6 Å². The van der Waals surface area contributed by atoms with Gasteiger partial charge in [0.2, 0.25) is 0 Å². The summed E-state index contributed by atoms with van der Waals surface area (Å²) in [5, 5.41) is 16.6. The molecule has 0 aliphatic carbocycles. The molecule has 110 valence electrons. The van der Waals surface area contributed by atoms with Crippen LogP contribution in [0.15, 0.2) is 18.2 Å². The fourth-order valence-electron chi connectivity index (χ4n) is 1.68. The third-order valence-corrected chi connectivity index (χ3v) is 3.13. The van der Waals surface area contributed by atoms with E-state index in [-0.39, 0.29) is 11.6 Å². The minimum Gasteiger partial charge on any atom is -0.380 e. The first kappa shape index (κ1) is 15.9. The van der Waals surface area contributed by atoms with Gasteiger partial charge in [-0.2, -0.15) is 0 Å². The number of nitro benzene ring substituents is 1. The van der Waals surface area contributed by atoms with Crippen molar-refractivity contribution in [1.29, 1.82) is 0 Å². The van der Waals surface area contributed by atoms with E-state index in [1.165, 1.54) is 18.2 Å². The van der Waals surface area contributed by atoms with Crippen LogP contribution in [-0.2, 0) is 0 Å². The molecule has 1 rings (SSSR count). The number of nitrogens with zero attached hydrogens (tertiary/aromatic N) is 1. The van der Waals surface area contributed by atoms with E-state index >= 15 is 0 Å². The lowest BCUT2D eigenvalue weighted by atomic mass is 10.1. The van der Waals surface area contributed by atoms with Crippen molar-refractivity contribution >= 4 is 17.3 Å². The van der Waals surface area contributed by atoms with Crippen molar-refractivity contribution in [3.63, 3.8) is 0 Å². The predicted octanol–water partition coefficient (Wildman–Crippen LogP) is 2.80. The standard InChI is InChI=1S/C14H21N3O3/c1-4-10(3)9-16-14(18)11-6-7-13(17(19)20)12(8-11)15-5-2/h6-8,10,15H,4-5,9H2,1-3H3,(H,16,18). The van der Waals surface area contributed by atoms with Gasteiger partial charge in [-0.3, -0.25) is 14.9 Å². The van der Waals surface area contributed by atoms with Crippen molar-refractivity contribution in [1.82, 2.24) is 5.32 Å². The molecular weight excluding hydrogens is 258 g/mol. The van der Waals surface area contributed by atoms with Gasteiger partial charge in [-0.1, -0.05) is 20.3 Å². The molecule has 0 radical (unpaired) electrons. The fraction of sp³-hybridized carbons (Fsp3) is 0.500. The van der Waals surface area contributed by atoms with Gasteiger partial charge in [0, 0.05) is 24.7 Å². The highest BCUT2D eigenvalue weighted by Gasteiger charge is 2.16. The van der Waals surface area contributed by atoms with Gasteiger partial charge in [-0.25, -0.2) is 0 Å². The topological polar surface area (TPSA) is 84.3 Å². The largest absolute Gasteiger partial charge is 0.380 e. The highest BCUT2D eigenvalue weighted by Crippen LogP contribution is 2.25. The zero-order chi connectivity index (χ0) is 15.1. The quantitative estimate of drug-likeness (QED) is 0.593. The molecule has 1 unspecified atom stereocenters. The molecule has 2 N–H and O–H groups in total. The minimum atomic E-state index is -0.459. The van der Waals surface area contributed by atoms with Crippen LogP contribution in [-0.4, -0.2) is 23.9 Å². The summed E-state index contributed by atoms with van der Waals surface area (Å²) in [5.74, 6) is 0.199. The Kier molecular flexibility index (Phi) is 5.96. The average molecular weight is 279 g/mol. The van der Waals surface area contributed by atoms with Crippen LogP contribution in [0, 0.1) is 16.0 Å². The number of nitro groups is 1. The maximum atomic E-state index is 12.0. The number of hydrogen-bond donors (Lipinski definition) is 2. The average Bonchev–Trinajstić information content (AvgIpc) is 2.44. The van der Waals surface area contributed by atoms with E-state index in [2.05, 4.69) is 24.5 Å². The Labute approximate surface area is 118 Å². The number of carbonyl (C=O) groups is 1. The lowest BCUT2D eigenvalue weighted by Crippen LogP contribution is -2.28. The molecule has 6 heteroatoms. The molecule has 0 saturated carbocycles. The monoisotopic (exact) mass is 279 g/mol. The molecule has 1 aromatic carbocycles. The Morgan fingerprint density at radius 1 is 1.40 bits per heavy atom. The summed E-state index contributed by atoms with van der Waals surface area (Å²) in [6.45, 7) is 7.12. The Balaban J connectivity index is 2.88. The summed E-state index contributed by atoms with van der Waals surface area (Å²) >= 11 is 0. The zero-order valence-corrected chi connectivity index (χ0v) is 12.1. The van der Waals surface area contributed by atoms with E-state index in [0.29, 0.717) is 30.3 Å². The lowest BCUT2D eigenvalue weighted by Gasteiger charge is -2.11. The molecule has 1 amide bonds. The van der Waals surface area contributed by atoms with Crippen LogP contribution in [0.3, 0.4) is 0 Å². The Bertz CT molecular complexity index is 489. The third-order valence-electron chi connectivity index (χ3n) is 3.13. The molecule has 0 aliphatic heterocycles. The highest BCUT2D eigenvalue weighted by atomic mass is 16.6. The van der Waals surface area contributed by atoms with Crippen molar-refractivity contribution in [2.45, 2.75) is 27.2 Å². The summed E-state index contributed by atoms with van der Waals surface area (Å²) in [7, 11) is 0. The van der Waals surface area contributed by atoms with Gasteiger partial charge >= 0.3 is 0 Å². The van der Waals surface area contributed by atoms with Gasteiger partial charge in [0.05, 0.1) is 4.92 Å². The number of anilines is 1. The Morgan fingerprint density at radius 2 is 2.10 bits per heavy atom. The SMILES string of the molecule is CCNc1cc(C(=O)NCC(C)CC)ccc1[N+](=O)[O-]. The molecular formula is C14H21N3O3. The van der Waals surface area contributed by atoms with Crippen LogP contribution in [0.4, 0.5) is 11.4 Å². The molecule has 0 bridgehead atoms. The van der Waals surface area contributed by atoms with Gasteiger partial charge in [-0.15, -0.1) is 0 Å². The first-order chi connectivity index (χ1) is 9.49. The summed E-state index contributed by atoms with van der Waals surface area (Å²) in [6.07, 6.45) is 0.989. The first-order valence-corrected chi connectivity index (χ1v) is 6.80. The van der Waals surface area contributed by atoms with E-state index < -0.39 is 4.92 Å². The molecule has 0 fully saturated rings. The molecule has 0 spiro atoms. The second-order valence-electron chi connectivity index (χ2n) is 4.74. The van der Waals surface area contributed by atoms with Crippen LogP contribution in [0.2, 0.25) is 0 Å². The van der Waals surface area contributed by atoms with Gasteiger partial charge < -0.3 is 10.6 Å². The summed E-state index contributed by atoms with van der Waals surface area (Å²) in [6, 6.07) is 4.36. The Hall–Kier alpha value is -2.11. The number of carbonyl (C=O) groups excluding carboxylic acids is 1. The van der Waals surface area contributed by atoms with Crippen molar-refractivity contribution < 1.29 is 9.72 Å². The van der Waals surface area contributed by atoms with Gasteiger partial charge in [0.15, 0.2) is 0 Å². The van der Waals surface area contributed by atoms with Crippen LogP contribution >= 0.6 is 0 Å². The number of amides is 1. The number of benzene rings is 1. The van der Waals surface area contributed by atoms with E-state index in [0.717, 1.165) is 6.42 Å². The summed E-state index contributed by atoms with van der Waals surface area (Å²) < 4.78 is 0. The maximum absolute atomic E-state index is 12.0. The number of hydrogen-bond acceptors (Lipinski definition) is 4. The van der Waals surface area contributed by atoms with Crippen molar-refractivity contribution in [2.24, 2.45) is 5.92 Å². The van der Waals surface area contributed by atoms with Crippen LogP contribution in [0.25, 0.3) is 0 Å². The highest BCUT2D eigenvalue weighted by molar-refractivity contribution is 5.95. The smallest absolute Gasteiger partial charge is 0.292 e. The van der Waals surface area contributed by atoms with Crippen molar-refractivity contribution in [3.8, 4) is 0 Å². The molecule has 20 heavy (non-hydrogen) atoms. The first-order valence-electron chi connectivity index (χ1n) is 6.80. The summed E-state index contributed by atoms with van der Waals surface area (Å²) in [5.41, 5.74) is 0.772. The molecule has 0 saturated heterocycles. The van der Waals surface area contributed by atoms with Gasteiger partial charge in [-0.05, 0) is 25.0 Å². The maximum Gasteiger partial charge on any atom is 0.292 e. The van der Waals surface area contributed by atoms with Crippen LogP contribution in [0.5, 0.6) is 0 Å². The van der Waals surface area contributed by atoms with Crippen molar-refractivity contribution in [3.05, 3.63) is 33.9 Å². The van der Waals surface area contributed by atoms with Crippen molar-refractivity contribution in [2.75, 3.05) is 18.4 Å². The molecule has 0 heterocycles. The number of rotatable bonds is 7. The molecule has 0 aliphatic rings.